The monoisotopic (exact) mass is 385 g/mol. The molecule has 0 fully saturated rings. The minimum atomic E-state index is -0.0996. The number of nitrogens with zero attached hydrogens (tertiary/aromatic N) is 5. The largest absolute Gasteiger partial charge is 0.457 e. The van der Waals surface area contributed by atoms with E-state index in [1.54, 1.807) is 47.5 Å². The van der Waals surface area contributed by atoms with Crippen LogP contribution in [0, 0.1) is 0 Å². The van der Waals surface area contributed by atoms with Crippen molar-refractivity contribution in [1.82, 2.24) is 24.6 Å². The molecule has 4 rings (SSSR count). The lowest BCUT2D eigenvalue weighted by atomic mass is 10.2. The van der Waals surface area contributed by atoms with E-state index in [9.17, 15) is 4.79 Å². The highest BCUT2D eigenvalue weighted by Crippen LogP contribution is 2.21. The molecule has 0 aliphatic carbocycles. The van der Waals surface area contributed by atoms with Crippen molar-refractivity contribution in [3.8, 4) is 17.3 Å². The van der Waals surface area contributed by atoms with Crippen molar-refractivity contribution in [3.63, 3.8) is 0 Å². The summed E-state index contributed by atoms with van der Waals surface area (Å²) in [6, 6.07) is 20.8. The summed E-state index contributed by atoms with van der Waals surface area (Å²) in [5.41, 5.74) is 1.53. The van der Waals surface area contributed by atoms with E-state index >= 15 is 0 Å². The SMILES string of the molecule is CN(Cc1ccc(Oc2ccccc2)cc1)C(=O)c1ccc(-n2cnnc2)nc1. The van der Waals surface area contributed by atoms with E-state index in [1.165, 1.54) is 0 Å². The Bertz CT molecular complexity index is 1060. The van der Waals surface area contributed by atoms with Gasteiger partial charge in [0.15, 0.2) is 0 Å². The quantitative estimate of drug-likeness (QED) is 0.506. The molecule has 0 N–H and O–H groups in total. The Labute approximate surface area is 168 Å². The van der Waals surface area contributed by atoms with E-state index < -0.39 is 0 Å². The topological polar surface area (TPSA) is 73.1 Å². The van der Waals surface area contributed by atoms with Gasteiger partial charge >= 0.3 is 0 Å². The zero-order valence-electron chi connectivity index (χ0n) is 15.8. The number of amides is 1. The van der Waals surface area contributed by atoms with Crippen LogP contribution in [0.15, 0.2) is 85.6 Å². The van der Waals surface area contributed by atoms with Gasteiger partial charge in [-0.2, -0.15) is 0 Å². The molecule has 0 atom stereocenters. The summed E-state index contributed by atoms with van der Waals surface area (Å²) in [6.45, 7) is 0.484. The second-order valence-electron chi connectivity index (χ2n) is 6.49. The fourth-order valence-corrected chi connectivity index (χ4v) is 2.84. The third kappa shape index (κ3) is 4.47. The first kappa shape index (κ1) is 18.4. The van der Waals surface area contributed by atoms with Crippen LogP contribution in [0.25, 0.3) is 5.82 Å². The van der Waals surface area contributed by atoms with Crippen LogP contribution in [-0.2, 0) is 6.54 Å². The molecule has 7 nitrogen and oxygen atoms in total. The van der Waals surface area contributed by atoms with Crippen molar-refractivity contribution in [3.05, 3.63) is 96.7 Å². The fourth-order valence-electron chi connectivity index (χ4n) is 2.84. The molecule has 29 heavy (non-hydrogen) atoms. The number of ether oxygens (including phenoxy) is 1. The van der Waals surface area contributed by atoms with E-state index in [2.05, 4.69) is 15.2 Å². The third-order valence-electron chi connectivity index (χ3n) is 4.35. The molecular formula is C22H19N5O2. The van der Waals surface area contributed by atoms with Gasteiger partial charge in [-0.05, 0) is 42.0 Å². The van der Waals surface area contributed by atoms with E-state index in [4.69, 9.17) is 4.74 Å². The number of pyridine rings is 1. The standard InChI is InChI=1S/C22H19N5O2/c1-26(22(28)18-9-12-21(23-13-18)27-15-24-25-16-27)14-17-7-10-20(11-8-17)29-19-5-3-2-4-6-19/h2-13,15-16H,14H2,1H3. The van der Waals surface area contributed by atoms with E-state index in [0.29, 0.717) is 17.9 Å². The van der Waals surface area contributed by atoms with Crippen LogP contribution in [0.4, 0.5) is 0 Å². The Morgan fingerprint density at radius 3 is 2.28 bits per heavy atom. The van der Waals surface area contributed by atoms with Gasteiger partial charge in [-0.1, -0.05) is 30.3 Å². The molecule has 0 aliphatic heterocycles. The molecule has 1 amide bonds. The van der Waals surface area contributed by atoms with E-state index in [0.717, 1.165) is 17.1 Å². The number of para-hydroxylation sites is 1. The minimum absolute atomic E-state index is 0.0996. The number of rotatable bonds is 6. The van der Waals surface area contributed by atoms with Crippen molar-refractivity contribution in [2.45, 2.75) is 6.54 Å². The van der Waals surface area contributed by atoms with Crippen molar-refractivity contribution in [2.75, 3.05) is 7.05 Å². The molecule has 0 saturated heterocycles. The van der Waals surface area contributed by atoms with Gasteiger partial charge in [0.2, 0.25) is 0 Å². The normalized spacial score (nSPS) is 10.5. The van der Waals surface area contributed by atoms with Crippen molar-refractivity contribution >= 4 is 5.91 Å². The molecule has 144 valence electrons. The lowest BCUT2D eigenvalue weighted by molar-refractivity contribution is 0.0784. The summed E-state index contributed by atoms with van der Waals surface area (Å²) in [5, 5.41) is 7.50. The third-order valence-corrected chi connectivity index (χ3v) is 4.35. The number of hydrogen-bond donors (Lipinski definition) is 0. The summed E-state index contributed by atoms with van der Waals surface area (Å²) >= 11 is 0. The first-order chi connectivity index (χ1) is 14.2. The predicted octanol–water partition coefficient (Wildman–Crippen LogP) is 3.73. The lowest BCUT2D eigenvalue weighted by Gasteiger charge is -2.17. The number of hydrogen-bond acceptors (Lipinski definition) is 5. The van der Waals surface area contributed by atoms with Gasteiger partial charge in [0.25, 0.3) is 5.91 Å². The second-order valence-corrected chi connectivity index (χ2v) is 6.49. The Kier molecular flexibility index (Phi) is 5.29. The molecule has 0 spiro atoms. The van der Waals surface area contributed by atoms with Gasteiger partial charge in [-0.3, -0.25) is 9.36 Å². The number of benzene rings is 2. The maximum Gasteiger partial charge on any atom is 0.255 e. The summed E-state index contributed by atoms with van der Waals surface area (Å²) in [5.74, 6) is 2.10. The maximum atomic E-state index is 12.7. The molecular weight excluding hydrogens is 366 g/mol. The zero-order valence-corrected chi connectivity index (χ0v) is 15.8. The average Bonchev–Trinajstić information content (AvgIpc) is 3.30. The van der Waals surface area contributed by atoms with Gasteiger partial charge in [0.05, 0.1) is 5.56 Å². The van der Waals surface area contributed by atoms with Gasteiger partial charge in [0, 0.05) is 19.8 Å². The molecule has 0 unspecified atom stereocenters. The molecule has 2 aromatic heterocycles. The smallest absolute Gasteiger partial charge is 0.255 e. The molecule has 0 saturated carbocycles. The van der Waals surface area contributed by atoms with Crippen molar-refractivity contribution in [1.29, 1.82) is 0 Å². The Balaban J connectivity index is 1.38. The summed E-state index contributed by atoms with van der Waals surface area (Å²) < 4.78 is 7.47. The number of carbonyl (C=O) groups is 1. The summed E-state index contributed by atoms with van der Waals surface area (Å²) in [7, 11) is 1.77. The highest BCUT2D eigenvalue weighted by molar-refractivity contribution is 5.93. The first-order valence-corrected chi connectivity index (χ1v) is 9.07. The Morgan fingerprint density at radius 1 is 0.931 bits per heavy atom. The number of carbonyl (C=O) groups excluding carboxylic acids is 1. The van der Waals surface area contributed by atoms with Crippen LogP contribution >= 0.6 is 0 Å². The highest BCUT2D eigenvalue weighted by atomic mass is 16.5. The van der Waals surface area contributed by atoms with E-state index in [-0.39, 0.29) is 5.91 Å². The molecule has 2 heterocycles. The second kappa shape index (κ2) is 8.35. The van der Waals surface area contributed by atoms with Gasteiger partial charge < -0.3 is 9.64 Å². The van der Waals surface area contributed by atoms with Crippen LogP contribution in [0.3, 0.4) is 0 Å². The van der Waals surface area contributed by atoms with Crippen LogP contribution in [0.5, 0.6) is 11.5 Å². The molecule has 0 aliphatic rings. The zero-order chi connectivity index (χ0) is 20.1. The van der Waals surface area contributed by atoms with Crippen LogP contribution in [0.2, 0.25) is 0 Å². The average molecular weight is 385 g/mol. The first-order valence-electron chi connectivity index (χ1n) is 9.07. The molecule has 2 aromatic carbocycles. The molecule has 7 heteroatoms. The van der Waals surface area contributed by atoms with Gasteiger partial charge in [-0.15, -0.1) is 10.2 Å². The Hall–Kier alpha value is -4.00. The van der Waals surface area contributed by atoms with Crippen LogP contribution < -0.4 is 4.74 Å². The summed E-state index contributed by atoms with van der Waals surface area (Å²) in [6.07, 6.45) is 4.67. The van der Waals surface area contributed by atoms with Crippen molar-refractivity contribution in [2.24, 2.45) is 0 Å². The van der Waals surface area contributed by atoms with Crippen molar-refractivity contribution < 1.29 is 9.53 Å². The Morgan fingerprint density at radius 2 is 1.62 bits per heavy atom. The number of aromatic nitrogens is 4. The van der Waals surface area contributed by atoms with E-state index in [1.807, 2.05) is 54.6 Å². The summed E-state index contributed by atoms with van der Waals surface area (Å²) in [4.78, 5) is 18.6. The van der Waals surface area contributed by atoms with Gasteiger partial charge in [0.1, 0.15) is 30.0 Å². The lowest BCUT2D eigenvalue weighted by Crippen LogP contribution is -2.26. The highest BCUT2D eigenvalue weighted by Gasteiger charge is 2.13. The molecule has 4 aromatic rings. The minimum Gasteiger partial charge on any atom is -0.457 e. The van der Waals surface area contributed by atoms with Crippen LogP contribution in [0.1, 0.15) is 15.9 Å². The van der Waals surface area contributed by atoms with Crippen LogP contribution in [-0.4, -0.2) is 37.6 Å². The maximum absolute atomic E-state index is 12.7. The molecule has 0 radical (unpaired) electrons. The molecule has 0 bridgehead atoms. The van der Waals surface area contributed by atoms with Gasteiger partial charge in [-0.25, -0.2) is 4.98 Å². The predicted molar refractivity (Wildman–Crippen MR) is 108 cm³/mol. The fraction of sp³-hybridized carbons (Fsp3) is 0.0909.